The molecule has 0 saturated heterocycles. The average Bonchev–Trinajstić information content (AvgIpc) is 2.71. The van der Waals surface area contributed by atoms with Gasteiger partial charge in [-0.2, -0.15) is 13.2 Å². The third-order valence-electron chi connectivity index (χ3n) is 4.03. The summed E-state index contributed by atoms with van der Waals surface area (Å²) in [6.07, 6.45) is -5.08. The number of nitrogens with one attached hydrogen (secondary N) is 1. The largest absolute Gasteiger partial charge is 0.490 e. The van der Waals surface area contributed by atoms with Crippen LogP contribution in [0.5, 0.6) is 0 Å². The number of carboxylic acid groups (broad SMARTS) is 2. The number of halogens is 5. The maximum absolute atomic E-state index is 13.3. The van der Waals surface area contributed by atoms with Gasteiger partial charge in [0.2, 0.25) is 0 Å². The van der Waals surface area contributed by atoms with Gasteiger partial charge in [-0.15, -0.1) is 0 Å². The van der Waals surface area contributed by atoms with Crippen molar-refractivity contribution in [2.45, 2.75) is 24.9 Å². The van der Waals surface area contributed by atoms with E-state index in [4.69, 9.17) is 9.90 Å². The minimum absolute atomic E-state index is 0.00281. The highest BCUT2D eigenvalue weighted by molar-refractivity contribution is 7.92. The van der Waals surface area contributed by atoms with Crippen LogP contribution in [0.15, 0.2) is 41.3 Å². The first kappa shape index (κ1) is 27.6. The molecule has 0 unspecified atom stereocenters. The molecular weight excluding hydrogens is 479 g/mol. The molecule has 0 atom stereocenters. The van der Waals surface area contributed by atoms with Gasteiger partial charge in [0, 0.05) is 18.8 Å². The van der Waals surface area contributed by atoms with Gasteiger partial charge in [-0.25, -0.2) is 26.8 Å². The van der Waals surface area contributed by atoms with E-state index >= 15 is 0 Å². The van der Waals surface area contributed by atoms with E-state index in [0.717, 1.165) is 6.07 Å². The molecule has 2 aromatic carbocycles. The molecular formula is C19H19F5N2O6S. The Bertz CT molecular complexity index is 1120. The molecule has 2 rings (SSSR count). The Balaban J connectivity index is 0.000000675. The van der Waals surface area contributed by atoms with Crippen LogP contribution in [0, 0.1) is 11.6 Å². The second kappa shape index (κ2) is 10.9. The summed E-state index contributed by atoms with van der Waals surface area (Å²) < 4.78 is 84.8. The van der Waals surface area contributed by atoms with Gasteiger partial charge in [0.25, 0.3) is 10.0 Å². The number of rotatable bonds is 7. The van der Waals surface area contributed by atoms with Gasteiger partial charge in [0.15, 0.2) is 11.6 Å². The fourth-order valence-electron chi connectivity index (χ4n) is 2.47. The summed E-state index contributed by atoms with van der Waals surface area (Å²) in [4.78, 5) is 21.8. The van der Waals surface area contributed by atoms with Crippen molar-refractivity contribution in [3.05, 3.63) is 53.6 Å². The van der Waals surface area contributed by atoms with Crippen LogP contribution < -0.4 is 9.62 Å². The predicted octanol–water partition coefficient (Wildman–Crippen LogP) is 3.94. The molecule has 0 heterocycles. The molecule has 2 aromatic rings. The molecule has 0 aromatic heterocycles. The number of benzene rings is 2. The third kappa shape index (κ3) is 7.59. The molecule has 0 aliphatic carbocycles. The Labute approximate surface area is 185 Å². The minimum atomic E-state index is -5.08. The second-order valence-corrected chi connectivity index (χ2v) is 7.88. The van der Waals surface area contributed by atoms with Crippen molar-refractivity contribution >= 4 is 33.3 Å². The maximum atomic E-state index is 13.3. The number of aliphatic carboxylic acids is 1. The Hall–Kier alpha value is -3.42. The van der Waals surface area contributed by atoms with Crippen LogP contribution in [-0.4, -0.2) is 49.8 Å². The first-order valence-electron chi connectivity index (χ1n) is 9.04. The van der Waals surface area contributed by atoms with Gasteiger partial charge in [-0.3, -0.25) is 4.72 Å². The number of carbonyl (C=O) groups is 2. The van der Waals surface area contributed by atoms with Gasteiger partial charge < -0.3 is 15.1 Å². The minimum Gasteiger partial charge on any atom is -0.478 e. The summed E-state index contributed by atoms with van der Waals surface area (Å²) in [6, 6.07) is 6.28. The van der Waals surface area contributed by atoms with Crippen LogP contribution in [-0.2, 0) is 14.8 Å². The van der Waals surface area contributed by atoms with Gasteiger partial charge in [-0.1, -0.05) is 0 Å². The number of anilines is 2. The quantitative estimate of drug-likeness (QED) is 0.494. The number of hydrogen-bond acceptors (Lipinski definition) is 5. The summed E-state index contributed by atoms with van der Waals surface area (Å²) in [7, 11) is -4.20. The maximum Gasteiger partial charge on any atom is 0.490 e. The summed E-state index contributed by atoms with van der Waals surface area (Å²) >= 11 is 0. The first-order valence-corrected chi connectivity index (χ1v) is 10.5. The van der Waals surface area contributed by atoms with Crippen LogP contribution in [0.4, 0.5) is 33.3 Å². The van der Waals surface area contributed by atoms with Crippen LogP contribution >= 0.6 is 0 Å². The van der Waals surface area contributed by atoms with Crippen molar-refractivity contribution in [1.82, 2.24) is 0 Å². The molecule has 0 fully saturated rings. The molecule has 0 spiro atoms. The monoisotopic (exact) mass is 498 g/mol. The third-order valence-corrected chi connectivity index (χ3v) is 5.41. The number of alkyl halides is 3. The van der Waals surface area contributed by atoms with E-state index in [-0.39, 0.29) is 11.3 Å². The molecule has 0 bridgehead atoms. The Morgan fingerprint density at radius 2 is 1.52 bits per heavy atom. The highest BCUT2D eigenvalue weighted by atomic mass is 32.2. The Morgan fingerprint density at radius 1 is 0.970 bits per heavy atom. The van der Waals surface area contributed by atoms with Gasteiger partial charge >= 0.3 is 18.1 Å². The zero-order valence-electron chi connectivity index (χ0n) is 17.2. The van der Waals surface area contributed by atoms with E-state index < -0.39 is 44.7 Å². The van der Waals surface area contributed by atoms with Gasteiger partial charge in [-0.05, 0) is 50.2 Å². The number of aromatic carboxylic acids is 1. The number of sulfonamides is 1. The van der Waals surface area contributed by atoms with Crippen LogP contribution in [0.2, 0.25) is 0 Å². The van der Waals surface area contributed by atoms with Crippen molar-refractivity contribution in [3.63, 3.8) is 0 Å². The van der Waals surface area contributed by atoms with Gasteiger partial charge in [0.05, 0.1) is 16.1 Å². The number of hydrogen-bond donors (Lipinski definition) is 3. The van der Waals surface area contributed by atoms with Crippen molar-refractivity contribution in [1.29, 1.82) is 0 Å². The highest BCUT2D eigenvalue weighted by Gasteiger charge is 2.38. The fraction of sp³-hybridized carbons (Fsp3) is 0.263. The average molecular weight is 498 g/mol. The summed E-state index contributed by atoms with van der Waals surface area (Å²) in [5, 5.41) is 16.5. The molecule has 33 heavy (non-hydrogen) atoms. The molecule has 8 nitrogen and oxygen atoms in total. The number of carboxylic acids is 2. The standard InChI is InChI=1S/C17H18F2N2O4S.C2HF3O2/c1-3-21(4-2)16-8-5-11(9-13(16)17(22)23)20-26(24,25)12-6-7-14(18)15(19)10-12;3-2(4,5)1(6)7/h5-10,20H,3-4H2,1-2H3,(H,22,23);(H,6,7). The van der Waals surface area contributed by atoms with Crippen LogP contribution in [0.1, 0.15) is 24.2 Å². The van der Waals surface area contributed by atoms with E-state index in [1.165, 1.54) is 18.2 Å². The van der Waals surface area contributed by atoms with E-state index in [2.05, 4.69) is 4.72 Å². The van der Waals surface area contributed by atoms with Crippen LogP contribution in [0.25, 0.3) is 0 Å². The lowest BCUT2D eigenvalue weighted by Crippen LogP contribution is -2.24. The summed E-state index contributed by atoms with van der Waals surface area (Å²) in [5.41, 5.74) is 0.389. The Kier molecular flexibility index (Phi) is 9.15. The molecule has 14 heteroatoms. The fourth-order valence-corrected chi connectivity index (χ4v) is 3.53. The molecule has 0 saturated carbocycles. The van der Waals surface area contributed by atoms with E-state index in [1.807, 2.05) is 18.7 Å². The zero-order chi connectivity index (χ0) is 25.6. The van der Waals surface area contributed by atoms with Crippen molar-refractivity contribution in [2.24, 2.45) is 0 Å². The van der Waals surface area contributed by atoms with Crippen LogP contribution in [0.3, 0.4) is 0 Å². The smallest absolute Gasteiger partial charge is 0.478 e. The lowest BCUT2D eigenvalue weighted by atomic mass is 10.1. The second-order valence-electron chi connectivity index (χ2n) is 6.19. The van der Waals surface area contributed by atoms with Crippen molar-refractivity contribution in [2.75, 3.05) is 22.7 Å². The van der Waals surface area contributed by atoms with E-state index in [0.29, 0.717) is 30.9 Å². The summed E-state index contributed by atoms with van der Waals surface area (Å²) in [5.74, 6) is -6.43. The van der Waals surface area contributed by atoms with E-state index in [1.54, 1.807) is 0 Å². The molecule has 0 aliphatic rings. The lowest BCUT2D eigenvalue weighted by molar-refractivity contribution is -0.192. The predicted molar refractivity (Wildman–Crippen MR) is 108 cm³/mol. The van der Waals surface area contributed by atoms with E-state index in [9.17, 15) is 40.3 Å². The SMILES string of the molecule is CCN(CC)c1ccc(NS(=O)(=O)c2ccc(F)c(F)c2)cc1C(=O)O.O=C(O)C(F)(F)F. The molecule has 0 radical (unpaired) electrons. The summed E-state index contributed by atoms with van der Waals surface area (Å²) in [6.45, 7) is 4.90. The molecule has 0 aliphatic heterocycles. The lowest BCUT2D eigenvalue weighted by Gasteiger charge is -2.23. The number of nitrogens with zero attached hydrogens (tertiary/aromatic N) is 1. The molecule has 0 amide bonds. The van der Waals surface area contributed by atoms with Gasteiger partial charge in [0.1, 0.15) is 0 Å². The molecule has 3 N–H and O–H groups in total. The topological polar surface area (TPSA) is 124 Å². The molecule has 182 valence electrons. The zero-order valence-corrected chi connectivity index (χ0v) is 18.0. The normalized spacial score (nSPS) is 11.2. The highest BCUT2D eigenvalue weighted by Crippen LogP contribution is 2.26. The first-order chi connectivity index (χ1) is 15.1. The van der Waals surface area contributed by atoms with Crippen molar-refractivity contribution in [3.8, 4) is 0 Å². The van der Waals surface area contributed by atoms with Crippen molar-refractivity contribution < 1.29 is 50.2 Å². The Morgan fingerprint density at radius 3 is 1.94 bits per heavy atom.